The van der Waals surface area contributed by atoms with Crippen molar-refractivity contribution in [2.75, 3.05) is 6.61 Å². The Hall–Kier alpha value is -0.515. The van der Waals surface area contributed by atoms with Gasteiger partial charge in [-0.1, -0.05) is 0 Å². The van der Waals surface area contributed by atoms with Crippen LogP contribution in [0.2, 0.25) is 5.82 Å². The molecule has 2 heterocycles. The predicted molar refractivity (Wildman–Crippen MR) is 70.1 cm³/mol. The van der Waals surface area contributed by atoms with Crippen LogP contribution in [0.25, 0.3) is 0 Å². The van der Waals surface area contributed by atoms with Crippen LogP contribution < -0.4 is 0 Å². The van der Waals surface area contributed by atoms with Gasteiger partial charge in [-0.2, -0.15) is 0 Å². The zero-order valence-corrected chi connectivity index (χ0v) is 11.9. The van der Waals surface area contributed by atoms with Gasteiger partial charge in [0, 0.05) is 18.8 Å². The average Bonchev–Trinajstić information content (AvgIpc) is 2.49. The zero-order valence-electron chi connectivity index (χ0n) is 11.9. The molecule has 0 aliphatic carbocycles. The Bertz CT molecular complexity index is 311. The van der Waals surface area contributed by atoms with Gasteiger partial charge < -0.3 is 18.8 Å². The van der Waals surface area contributed by atoms with Crippen LogP contribution >= 0.6 is 0 Å². The van der Waals surface area contributed by atoms with Gasteiger partial charge in [-0.05, 0) is 40.7 Å². The lowest BCUT2D eigenvalue weighted by Gasteiger charge is -2.32. The first-order valence-corrected chi connectivity index (χ1v) is 6.65. The van der Waals surface area contributed by atoms with Crippen LogP contribution in [0.1, 0.15) is 41.0 Å². The van der Waals surface area contributed by atoms with E-state index in [0.717, 1.165) is 6.42 Å². The Labute approximate surface area is 110 Å². The lowest BCUT2D eigenvalue weighted by Crippen LogP contribution is -2.41. The van der Waals surface area contributed by atoms with Gasteiger partial charge in [-0.15, -0.1) is 0 Å². The first-order chi connectivity index (χ1) is 8.36. The van der Waals surface area contributed by atoms with E-state index in [1.54, 1.807) is 6.26 Å². The van der Waals surface area contributed by atoms with E-state index in [-0.39, 0.29) is 30.4 Å². The van der Waals surface area contributed by atoms with Crippen molar-refractivity contribution in [1.82, 2.24) is 0 Å². The zero-order chi connectivity index (χ0) is 13.4. The molecule has 0 N–H and O–H groups in total. The van der Waals surface area contributed by atoms with Crippen molar-refractivity contribution >= 4 is 7.12 Å². The Kier molecular flexibility index (Phi) is 3.76. The first kappa shape index (κ1) is 13.9. The number of ether oxygens (including phenoxy) is 2. The SMILES string of the molecule is CCO[C@H]1C[C@@H](B2OC(C)(C)C(C)(C)O2)C=CO1. The topological polar surface area (TPSA) is 36.9 Å². The van der Waals surface area contributed by atoms with Crippen molar-refractivity contribution in [2.45, 2.75) is 64.3 Å². The van der Waals surface area contributed by atoms with E-state index >= 15 is 0 Å². The van der Waals surface area contributed by atoms with Gasteiger partial charge in [0.2, 0.25) is 0 Å². The fourth-order valence-corrected chi connectivity index (χ4v) is 2.15. The molecule has 0 saturated carbocycles. The number of rotatable bonds is 3. The summed E-state index contributed by atoms with van der Waals surface area (Å²) in [5.74, 6) is 0.177. The van der Waals surface area contributed by atoms with E-state index in [1.165, 1.54) is 0 Å². The van der Waals surface area contributed by atoms with Crippen LogP contribution in [-0.2, 0) is 18.8 Å². The lowest BCUT2D eigenvalue weighted by molar-refractivity contribution is -0.112. The summed E-state index contributed by atoms with van der Waals surface area (Å²) in [5.41, 5.74) is -0.574. The number of hydrogen-bond donors (Lipinski definition) is 0. The van der Waals surface area contributed by atoms with Crippen LogP contribution in [0.15, 0.2) is 12.3 Å². The maximum absolute atomic E-state index is 6.05. The molecule has 5 heteroatoms. The quantitative estimate of drug-likeness (QED) is 0.725. The molecule has 2 aliphatic heterocycles. The molecule has 1 saturated heterocycles. The molecule has 0 spiro atoms. The van der Waals surface area contributed by atoms with Gasteiger partial charge in [0.15, 0.2) is 6.29 Å². The van der Waals surface area contributed by atoms with Crippen LogP contribution in [0, 0.1) is 0 Å². The predicted octanol–water partition coefficient (Wildman–Crippen LogP) is 2.75. The van der Waals surface area contributed by atoms with E-state index in [9.17, 15) is 0 Å². The van der Waals surface area contributed by atoms with Crippen molar-refractivity contribution in [3.8, 4) is 0 Å². The summed E-state index contributed by atoms with van der Waals surface area (Å²) < 4.78 is 23.0. The molecular weight excluding hydrogens is 231 g/mol. The largest absolute Gasteiger partial charge is 0.473 e. The van der Waals surface area contributed by atoms with Crippen LogP contribution in [0.3, 0.4) is 0 Å². The number of hydrogen-bond acceptors (Lipinski definition) is 4. The smallest absolute Gasteiger partial charge is 0.465 e. The Morgan fingerprint density at radius 3 is 2.39 bits per heavy atom. The molecule has 4 nitrogen and oxygen atoms in total. The molecule has 2 atom stereocenters. The molecule has 0 amide bonds. The molecule has 0 unspecified atom stereocenters. The molecule has 102 valence electrons. The van der Waals surface area contributed by atoms with Crippen molar-refractivity contribution in [2.24, 2.45) is 0 Å². The summed E-state index contributed by atoms with van der Waals surface area (Å²) in [7, 11) is -0.224. The summed E-state index contributed by atoms with van der Waals surface area (Å²) >= 11 is 0. The van der Waals surface area contributed by atoms with Crippen molar-refractivity contribution in [3.05, 3.63) is 12.3 Å². The summed E-state index contributed by atoms with van der Waals surface area (Å²) in [5, 5.41) is 0. The Balaban J connectivity index is 2.02. The molecule has 2 aliphatic rings. The second-order valence-corrected chi connectivity index (χ2v) is 5.87. The standard InChI is InChI=1S/C13H23BO4/c1-6-15-11-9-10(7-8-16-11)14-17-12(2,3)13(4,5)18-14/h7-8,10-11H,6,9H2,1-5H3/t10-,11+/m0/s1. The molecule has 2 rings (SSSR count). The van der Waals surface area contributed by atoms with Gasteiger partial charge in [0.1, 0.15) is 0 Å². The van der Waals surface area contributed by atoms with E-state index < -0.39 is 0 Å². The van der Waals surface area contributed by atoms with Gasteiger partial charge in [-0.3, -0.25) is 0 Å². The summed E-state index contributed by atoms with van der Waals surface area (Å²) in [6, 6.07) is 0. The Morgan fingerprint density at radius 1 is 1.22 bits per heavy atom. The second-order valence-electron chi connectivity index (χ2n) is 5.87. The highest BCUT2D eigenvalue weighted by Gasteiger charge is 2.53. The van der Waals surface area contributed by atoms with E-state index in [2.05, 4.69) is 27.7 Å². The normalized spacial score (nSPS) is 33.5. The third kappa shape index (κ3) is 2.58. The molecule has 0 aromatic carbocycles. The highest BCUT2D eigenvalue weighted by atomic mass is 16.7. The maximum Gasteiger partial charge on any atom is 0.465 e. The van der Waals surface area contributed by atoms with Crippen LogP contribution in [0.4, 0.5) is 0 Å². The third-order valence-corrected chi connectivity index (χ3v) is 3.99. The van der Waals surface area contributed by atoms with Gasteiger partial charge in [-0.25, -0.2) is 0 Å². The number of allylic oxidation sites excluding steroid dienone is 1. The fraction of sp³-hybridized carbons (Fsp3) is 0.846. The minimum Gasteiger partial charge on any atom is -0.473 e. The molecule has 18 heavy (non-hydrogen) atoms. The molecule has 0 aromatic rings. The molecular formula is C13H23BO4. The summed E-state index contributed by atoms with van der Waals surface area (Å²) in [4.78, 5) is 0. The van der Waals surface area contributed by atoms with E-state index in [1.807, 2.05) is 13.0 Å². The molecule has 0 radical (unpaired) electrons. The molecule has 1 fully saturated rings. The second kappa shape index (κ2) is 4.87. The highest BCUT2D eigenvalue weighted by Crippen LogP contribution is 2.42. The minimum absolute atomic E-state index is 0.177. The van der Waals surface area contributed by atoms with Gasteiger partial charge in [0.05, 0.1) is 17.5 Å². The summed E-state index contributed by atoms with van der Waals surface area (Å²) in [6.45, 7) is 10.9. The van der Waals surface area contributed by atoms with Crippen molar-refractivity contribution < 1.29 is 18.8 Å². The molecule has 0 bridgehead atoms. The molecule has 0 aromatic heterocycles. The van der Waals surface area contributed by atoms with Gasteiger partial charge in [0.25, 0.3) is 0 Å². The Morgan fingerprint density at radius 2 is 1.83 bits per heavy atom. The van der Waals surface area contributed by atoms with Gasteiger partial charge >= 0.3 is 7.12 Å². The van der Waals surface area contributed by atoms with Crippen molar-refractivity contribution in [3.63, 3.8) is 0 Å². The van der Waals surface area contributed by atoms with Crippen LogP contribution in [-0.4, -0.2) is 31.2 Å². The fourth-order valence-electron chi connectivity index (χ4n) is 2.15. The van der Waals surface area contributed by atoms with Crippen LogP contribution in [0.5, 0.6) is 0 Å². The van der Waals surface area contributed by atoms with E-state index in [4.69, 9.17) is 18.8 Å². The first-order valence-electron chi connectivity index (χ1n) is 6.65. The third-order valence-electron chi connectivity index (χ3n) is 3.99. The van der Waals surface area contributed by atoms with Crippen molar-refractivity contribution in [1.29, 1.82) is 0 Å². The monoisotopic (exact) mass is 254 g/mol. The highest BCUT2D eigenvalue weighted by molar-refractivity contribution is 6.48. The minimum atomic E-state index is -0.287. The average molecular weight is 254 g/mol. The summed E-state index contributed by atoms with van der Waals surface area (Å²) in [6.07, 6.45) is 4.27. The lowest BCUT2D eigenvalue weighted by atomic mass is 9.69. The van der Waals surface area contributed by atoms with E-state index in [0.29, 0.717) is 6.61 Å². The maximum atomic E-state index is 6.05.